The van der Waals surface area contributed by atoms with Crippen LogP contribution in [0.1, 0.15) is 0 Å². The summed E-state index contributed by atoms with van der Waals surface area (Å²) in [5.41, 5.74) is 3.49. The first-order valence-electron chi connectivity index (χ1n) is 3.09. The molecule has 0 aliphatic carbocycles. The summed E-state index contributed by atoms with van der Waals surface area (Å²) in [7, 11) is 0. The monoisotopic (exact) mass is 185 g/mol. The topological polar surface area (TPSA) is 118 Å². The molecule has 0 fully saturated rings. The zero-order chi connectivity index (χ0) is 10.4. The molecule has 0 atom stereocenters. The van der Waals surface area contributed by atoms with Crippen LogP contribution in [0.4, 0.5) is 0 Å². The molecule has 6 heteroatoms. The quantitative estimate of drug-likeness (QED) is 0.297. The molecule has 0 rings (SSSR count). The lowest BCUT2D eigenvalue weighted by Crippen LogP contribution is -2.16. The van der Waals surface area contributed by atoms with E-state index in [1.54, 1.807) is 0 Å². The normalized spacial score (nSPS) is 12.3. The van der Waals surface area contributed by atoms with Gasteiger partial charge in [-0.3, -0.25) is 4.79 Å². The molecule has 0 amide bonds. The van der Waals surface area contributed by atoms with Crippen molar-refractivity contribution < 1.29 is 24.6 Å². The van der Waals surface area contributed by atoms with Crippen molar-refractivity contribution in [2.24, 2.45) is 5.73 Å². The Hall–Kier alpha value is -2.11. The fourth-order valence-electron chi connectivity index (χ4n) is 0.527. The van der Waals surface area contributed by atoms with E-state index < -0.39 is 23.2 Å². The fraction of sp³-hybridized carbons (Fsp3) is 0. The Kier molecular flexibility index (Phi) is 3.94. The minimum Gasteiger partial charge on any atom is -0.478 e. The zero-order valence-corrected chi connectivity index (χ0v) is 6.43. The number of aliphatic carboxylic acids is 2. The molecule has 0 saturated carbocycles. The Bertz CT molecular complexity index is 302. The van der Waals surface area contributed by atoms with Gasteiger partial charge in [-0.1, -0.05) is 0 Å². The molecular formula is C7H7NO5. The molecule has 0 aromatic rings. The van der Waals surface area contributed by atoms with E-state index in [9.17, 15) is 14.4 Å². The third-order valence-electron chi connectivity index (χ3n) is 1.09. The lowest BCUT2D eigenvalue weighted by atomic mass is 10.2. The van der Waals surface area contributed by atoms with E-state index in [-0.39, 0.29) is 0 Å². The summed E-state index contributed by atoms with van der Waals surface area (Å²) >= 11 is 0. The van der Waals surface area contributed by atoms with Crippen molar-refractivity contribution in [3.05, 3.63) is 23.4 Å². The molecule has 0 unspecified atom stereocenters. The summed E-state index contributed by atoms with van der Waals surface area (Å²) in [5, 5.41) is 16.8. The molecule has 0 aliphatic rings. The number of nitrogens with two attached hydrogens (primary N) is 1. The van der Waals surface area contributed by atoms with Gasteiger partial charge in [0.2, 0.25) is 0 Å². The molecule has 0 aliphatic heterocycles. The zero-order valence-electron chi connectivity index (χ0n) is 6.43. The van der Waals surface area contributed by atoms with Gasteiger partial charge in [0.15, 0.2) is 0 Å². The average Bonchev–Trinajstić information content (AvgIpc) is 2.04. The Balaban J connectivity index is 5.11. The van der Waals surface area contributed by atoms with Gasteiger partial charge < -0.3 is 15.9 Å². The summed E-state index contributed by atoms with van der Waals surface area (Å²) in [6, 6.07) is 0. The van der Waals surface area contributed by atoms with Gasteiger partial charge in [-0.15, -0.1) is 0 Å². The van der Waals surface area contributed by atoms with Gasteiger partial charge in [0.1, 0.15) is 12.0 Å². The van der Waals surface area contributed by atoms with Crippen molar-refractivity contribution in [2.75, 3.05) is 0 Å². The van der Waals surface area contributed by atoms with E-state index in [1.165, 1.54) is 0 Å². The van der Waals surface area contributed by atoms with Crippen molar-refractivity contribution in [3.8, 4) is 0 Å². The van der Waals surface area contributed by atoms with Crippen LogP contribution < -0.4 is 5.73 Å². The number of hydrogen-bond donors (Lipinski definition) is 3. The van der Waals surface area contributed by atoms with E-state index in [0.717, 1.165) is 12.2 Å². The van der Waals surface area contributed by atoms with Crippen LogP contribution >= 0.6 is 0 Å². The van der Waals surface area contributed by atoms with Gasteiger partial charge in [0.05, 0.1) is 5.57 Å². The number of carbonyl (C=O) groups excluding carboxylic acids is 1. The molecule has 0 heterocycles. The van der Waals surface area contributed by atoms with Crippen LogP contribution in [0.25, 0.3) is 0 Å². The molecule has 4 N–H and O–H groups in total. The largest absolute Gasteiger partial charge is 0.478 e. The summed E-state index contributed by atoms with van der Waals surface area (Å²) in [5.74, 6) is -3.05. The third kappa shape index (κ3) is 3.19. The van der Waals surface area contributed by atoms with Crippen LogP contribution in [0.2, 0.25) is 0 Å². The maximum absolute atomic E-state index is 10.4. The smallest absolute Gasteiger partial charge is 0.352 e. The van der Waals surface area contributed by atoms with Crippen molar-refractivity contribution in [1.29, 1.82) is 0 Å². The number of hydrogen-bond acceptors (Lipinski definition) is 4. The average molecular weight is 185 g/mol. The van der Waals surface area contributed by atoms with Crippen LogP contribution in [0.15, 0.2) is 23.4 Å². The summed E-state index contributed by atoms with van der Waals surface area (Å²) in [6.07, 6.45) is 1.98. The number of carbonyl (C=O) groups is 3. The molecule has 70 valence electrons. The highest BCUT2D eigenvalue weighted by atomic mass is 16.4. The van der Waals surface area contributed by atoms with Gasteiger partial charge in [0.25, 0.3) is 0 Å². The van der Waals surface area contributed by atoms with E-state index in [4.69, 9.17) is 15.9 Å². The van der Waals surface area contributed by atoms with E-state index in [1.807, 2.05) is 0 Å². The summed E-state index contributed by atoms with van der Waals surface area (Å²) in [4.78, 5) is 30.5. The highest BCUT2D eigenvalue weighted by Gasteiger charge is 2.13. The van der Waals surface area contributed by atoms with Crippen LogP contribution in [0.3, 0.4) is 0 Å². The Morgan fingerprint density at radius 1 is 1.15 bits per heavy atom. The second-order valence-corrected chi connectivity index (χ2v) is 1.93. The van der Waals surface area contributed by atoms with E-state index >= 15 is 0 Å². The molecule has 0 spiro atoms. The maximum atomic E-state index is 10.4. The Labute approximate surface area is 73.0 Å². The van der Waals surface area contributed by atoms with Gasteiger partial charge in [-0.25, -0.2) is 9.59 Å². The second-order valence-electron chi connectivity index (χ2n) is 1.93. The van der Waals surface area contributed by atoms with Gasteiger partial charge >= 0.3 is 11.9 Å². The number of aldehydes is 1. The molecule has 0 aromatic heterocycles. The second kappa shape index (κ2) is 4.70. The minimum atomic E-state index is -1.55. The van der Waals surface area contributed by atoms with Gasteiger partial charge in [-0.2, -0.15) is 0 Å². The first kappa shape index (κ1) is 10.9. The maximum Gasteiger partial charge on any atom is 0.352 e. The first-order valence-corrected chi connectivity index (χ1v) is 3.09. The van der Waals surface area contributed by atoms with Crippen LogP contribution in [-0.2, 0) is 14.4 Å². The minimum absolute atomic E-state index is 0.318. The lowest BCUT2D eigenvalue weighted by molar-refractivity contribution is -0.135. The highest BCUT2D eigenvalue weighted by Crippen LogP contribution is 2.01. The third-order valence-corrected chi connectivity index (χ3v) is 1.09. The predicted molar refractivity (Wildman–Crippen MR) is 41.7 cm³/mol. The van der Waals surface area contributed by atoms with Crippen molar-refractivity contribution >= 4 is 18.2 Å². The Morgan fingerprint density at radius 2 is 1.69 bits per heavy atom. The predicted octanol–water partition coefficient (Wildman–Crippen LogP) is -0.876. The molecule has 6 nitrogen and oxygen atoms in total. The van der Waals surface area contributed by atoms with Crippen molar-refractivity contribution in [2.45, 2.75) is 0 Å². The Morgan fingerprint density at radius 3 is 2.00 bits per heavy atom. The SMILES string of the molecule is N/C(C(=O)O)=C(/C=C/C=O)C(=O)O. The number of rotatable bonds is 4. The first-order chi connectivity index (χ1) is 6.00. The van der Waals surface area contributed by atoms with Gasteiger partial charge in [-0.05, 0) is 12.2 Å². The standard InChI is InChI=1S/C7H7NO5/c8-5(7(12)13)4(6(10)11)2-1-3-9/h1-3H,8H2,(H,10,11)(H,12,13)/b2-1+,5-4-. The van der Waals surface area contributed by atoms with Crippen molar-refractivity contribution in [1.82, 2.24) is 0 Å². The highest BCUT2D eigenvalue weighted by molar-refractivity contribution is 6.00. The van der Waals surface area contributed by atoms with Crippen molar-refractivity contribution in [3.63, 3.8) is 0 Å². The molecular weight excluding hydrogens is 178 g/mol. The van der Waals surface area contributed by atoms with E-state index in [0.29, 0.717) is 6.29 Å². The van der Waals surface area contributed by atoms with Crippen LogP contribution in [-0.4, -0.2) is 28.4 Å². The van der Waals surface area contributed by atoms with Gasteiger partial charge in [0, 0.05) is 0 Å². The fourth-order valence-corrected chi connectivity index (χ4v) is 0.527. The summed E-state index contributed by atoms with van der Waals surface area (Å²) < 4.78 is 0. The molecule has 0 saturated heterocycles. The lowest BCUT2D eigenvalue weighted by Gasteiger charge is -1.97. The van der Waals surface area contributed by atoms with E-state index in [2.05, 4.69) is 0 Å². The van der Waals surface area contributed by atoms with Crippen LogP contribution in [0, 0.1) is 0 Å². The molecule has 0 radical (unpaired) electrons. The molecule has 0 aromatic carbocycles. The summed E-state index contributed by atoms with van der Waals surface area (Å²) in [6.45, 7) is 0. The number of carboxylic acid groups (broad SMARTS) is 2. The molecule has 0 bridgehead atoms. The number of allylic oxidation sites excluding steroid dienone is 1. The number of carboxylic acids is 2. The molecule has 13 heavy (non-hydrogen) atoms. The van der Waals surface area contributed by atoms with Crippen LogP contribution in [0.5, 0.6) is 0 Å².